The van der Waals surface area contributed by atoms with Crippen LogP contribution >= 0.6 is 0 Å². The summed E-state index contributed by atoms with van der Waals surface area (Å²) in [5, 5.41) is 15.7. The van der Waals surface area contributed by atoms with E-state index in [-0.39, 0.29) is 34.2 Å². The molecule has 2 rings (SSSR count). The molecule has 3 nitrogen and oxygen atoms in total. The van der Waals surface area contributed by atoms with Crippen molar-refractivity contribution in [2.45, 2.75) is 40.5 Å². The van der Waals surface area contributed by atoms with Crippen LogP contribution in [0.5, 0.6) is 0 Å². The minimum Gasteiger partial charge on any atom is -0.308 e. The summed E-state index contributed by atoms with van der Waals surface area (Å²) in [6.45, 7) is 8.00. The van der Waals surface area contributed by atoms with Crippen LogP contribution in [0.3, 0.4) is 0 Å². The molecule has 0 aromatic heterocycles. The third-order valence-corrected chi connectivity index (χ3v) is 5.26. The van der Waals surface area contributed by atoms with E-state index in [2.05, 4.69) is 20.8 Å². The molecule has 2 aliphatic rings. The average molecular weight is 220 g/mol. The summed E-state index contributed by atoms with van der Waals surface area (Å²) in [5.74, 6) is -0.185. The van der Waals surface area contributed by atoms with E-state index in [4.69, 9.17) is 10.8 Å². The first-order valence-electron chi connectivity index (χ1n) is 5.92. The van der Waals surface area contributed by atoms with Gasteiger partial charge in [0.1, 0.15) is 0 Å². The second-order valence-electron chi connectivity index (χ2n) is 6.08. The fraction of sp³-hybridized carbons (Fsp3) is 0.769. The molecule has 0 heterocycles. The van der Waals surface area contributed by atoms with Crippen molar-refractivity contribution in [3.63, 3.8) is 0 Å². The van der Waals surface area contributed by atoms with Gasteiger partial charge in [0.15, 0.2) is 5.78 Å². The molecular formula is C13H20N2O. The number of carbonyl (C=O) groups is 1. The SMILES string of the molecule is CC(=N)C(=O)C1C(=N)C2(C)CCC1C2(C)C. The van der Waals surface area contributed by atoms with Crippen LogP contribution in [0.15, 0.2) is 0 Å². The van der Waals surface area contributed by atoms with Gasteiger partial charge in [0.25, 0.3) is 0 Å². The second kappa shape index (κ2) is 3.02. The van der Waals surface area contributed by atoms with Crippen LogP contribution in [0.2, 0.25) is 0 Å². The average Bonchev–Trinajstić information content (AvgIpc) is 2.48. The maximum absolute atomic E-state index is 12.0. The van der Waals surface area contributed by atoms with Gasteiger partial charge in [0.2, 0.25) is 0 Å². The summed E-state index contributed by atoms with van der Waals surface area (Å²) in [5.41, 5.74) is 0.569. The molecule has 2 saturated carbocycles. The van der Waals surface area contributed by atoms with Crippen molar-refractivity contribution < 1.29 is 4.79 Å². The van der Waals surface area contributed by atoms with Crippen molar-refractivity contribution >= 4 is 17.2 Å². The fourth-order valence-corrected chi connectivity index (χ4v) is 3.69. The van der Waals surface area contributed by atoms with Crippen LogP contribution in [0.4, 0.5) is 0 Å². The molecule has 3 atom stereocenters. The van der Waals surface area contributed by atoms with Crippen molar-refractivity contribution in [3.05, 3.63) is 0 Å². The topological polar surface area (TPSA) is 64.8 Å². The lowest BCUT2D eigenvalue weighted by molar-refractivity contribution is -0.116. The highest BCUT2D eigenvalue weighted by Gasteiger charge is 2.65. The van der Waals surface area contributed by atoms with Crippen LogP contribution < -0.4 is 0 Å². The number of nitrogens with one attached hydrogen (secondary N) is 2. The quantitative estimate of drug-likeness (QED) is 0.690. The first kappa shape index (κ1) is 11.5. The molecular weight excluding hydrogens is 200 g/mol. The first-order chi connectivity index (χ1) is 7.23. The molecule has 16 heavy (non-hydrogen) atoms. The predicted octanol–water partition coefficient (Wildman–Crippen LogP) is 2.69. The molecule has 0 saturated heterocycles. The van der Waals surface area contributed by atoms with Gasteiger partial charge in [0.05, 0.1) is 11.6 Å². The van der Waals surface area contributed by atoms with E-state index in [1.807, 2.05) is 0 Å². The molecule has 0 spiro atoms. The highest BCUT2D eigenvalue weighted by Crippen LogP contribution is 2.65. The van der Waals surface area contributed by atoms with Crippen molar-refractivity contribution in [1.29, 1.82) is 10.8 Å². The lowest BCUT2D eigenvalue weighted by Gasteiger charge is -2.33. The van der Waals surface area contributed by atoms with Gasteiger partial charge in [0, 0.05) is 11.1 Å². The molecule has 0 aliphatic heterocycles. The summed E-state index contributed by atoms with van der Waals surface area (Å²) in [6, 6.07) is 0. The summed E-state index contributed by atoms with van der Waals surface area (Å²) >= 11 is 0. The number of ketones is 1. The zero-order valence-corrected chi connectivity index (χ0v) is 10.5. The van der Waals surface area contributed by atoms with E-state index in [0.29, 0.717) is 5.71 Å². The maximum atomic E-state index is 12.0. The number of fused-ring (bicyclic) bond motifs is 2. The lowest BCUT2D eigenvalue weighted by Crippen LogP contribution is -2.36. The third kappa shape index (κ3) is 1.06. The molecule has 3 heteroatoms. The Labute approximate surface area is 96.6 Å². The minimum atomic E-state index is -0.314. The van der Waals surface area contributed by atoms with Crippen LogP contribution in [-0.2, 0) is 4.79 Å². The normalized spacial score (nSPS) is 40.1. The van der Waals surface area contributed by atoms with E-state index in [1.165, 1.54) is 6.92 Å². The minimum absolute atomic E-state index is 0.0276. The Morgan fingerprint density at radius 2 is 1.94 bits per heavy atom. The Bertz CT molecular complexity index is 397. The molecule has 0 radical (unpaired) electrons. The van der Waals surface area contributed by atoms with Gasteiger partial charge in [-0.3, -0.25) is 4.79 Å². The van der Waals surface area contributed by atoms with E-state index in [0.717, 1.165) is 12.8 Å². The molecule has 0 aromatic rings. The van der Waals surface area contributed by atoms with Crippen molar-refractivity contribution in [2.75, 3.05) is 0 Å². The van der Waals surface area contributed by atoms with Gasteiger partial charge in [-0.15, -0.1) is 0 Å². The number of hydrogen-bond donors (Lipinski definition) is 2. The zero-order chi connectivity index (χ0) is 12.3. The molecule has 2 aliphatic carbocycles. The highest BCUT2D eigenvalue weighted by atomic mass is 16.1. The lowest BCUT2D eigenvalue weighted by atomic mass is 9.70. The van der Waals surface area contributed by atoms with Gasteiger partial charge in [-0.1, -0.05) is 20.8 Å². The molecule has 2 bridgehead atoms. The number of carbonyl (C=O) groups excluding carboxylic acids is 1. The smallest absolute Gasteiger partial charge is 0.184 e. The Balaban J connectivity index is 2.44. The summed E-state index contributed by atoms with van der Waals surface area (Å²) < 4.78 is 0. The molecule has 88 valence electrons. The molecule has 2 N–H and O–H groups in total. The van der Waals surface area contributed by atoms with Crippen molar-refractivity contribution in [2.24, 2.45) is 22.7 Å². The third-order valence-electron chi connectivity index (χ3n) is 5.26. The Kier molecular flexibility index (Phi) is 2.17. The van der Waals surface area contributed by atoms with Gasteiger partial charge < -0.3 is 10.8 Å². The monoisotopic (exact) mass is 220 g/mol. The first-order valence-corrected chi connectivity index (χ1v) is 5.92. The number of hydrogen-bond acceptors (Lipinski definition) is 3. The summed E-state index contributed by atoms with van der Waals surface area (Å²) in [6.07, 6.45) is 2.04. The van der Waals surface area contributed by atoms with E-state index in [1.54, 1.807) is 0 Å². The molecule has 0 amide bonds. The second-order valence-corrected chi connectivity index (χ2v) is 6.08. The van der Waals surface area contributed by atoms with Gasteiger partial charge in [-0.25, -0.2) is 0 Å². The Morgan fingerprint density at radius 3 is 2.31 bits per heavy atom. The largest absolute Gasteiger partial charge is 0.308 e. The standard InChI is InChI=1S/C13H20N2O/c1-7(14)10(16)9-8-5-6-13(4,11(9)15)12(8,2)3/h8-9,14-15H,5-6H2,1-4H3. The number of rotatable bonds is 2. The van der Waals surface area contributed by atoms with Crippen molar-refractivity contribution in [1.82, 2.24) is 0 Å². The van der Waals surface area contributed by atoms with Crippen LogP contribution in [0, 0.1) is 33.5 Å². The van der Waals surface area contributed by atoms with E-state index < -0.39 is 0 Å². The maximum Gasteiger partial charge on any atom is 0.184 e. The molecule has 3 unspecified atom stereocenters. The highest BCUT2D eigenvalue weighted by molar-refractivity contribution is 6.42. The summed E-state index contributed by atoms with van der Waals surface area (Å²) in [4.78, 5) is 12.0. The van der Waals surface area contributed by atoms with E-state index >= 15 is 0 Å². The molecule has 2 fully saturated rings. The van der Waals surface area contributed by atoms with Crippen molar-refractivity contribution in [3.8, 4) is 0 Å². The van der Waals surface area contributed by atoms with Gasteiger partial charge >= 0.3 is 0 Å². The Morgan fingerprint density at radius 1 is 1.38 bits per heavy atom. The number of Topliss-reactive ketones (excluding diaryl/α,β-unsaturated/α-hetero) is 1. The van der Waals surface area contributed by atoms with Gasteiger partial charge in [-0.05, 0) is 31.1 Å². The van der Waals surface area contributed by atoms with Crippen LogP contribution in [0.1, 0.15) is 40.5 Å². The Hall–Kier alpha value is -0.990. The fourth-order valence-electron chi connectivity index (χ4n) is 3.69. The van der Waals surface area contributed by atoms with Crippen LogP contribution in [-0.4, -0.2) is 17.2 Å². The molecule has 0 aromatic carbocycles. The zero-order valence-electron chi connectivity index (χ0n) is 10.5. The van der Waals surface area contributed by atoms with Crippen LogP contribution in [0.25, 0.3) is 0 Å². The van der Waals surface area contributed by atoms with Gasteiger partial charge in [-0.2, -0.15) is 0 Å². The predicted molar refractivity (Wildman–Crippen MR) is 64.2 cm³/mol. The summed E-state index contributed by atoms with van der Waals surface area (Å²) in [7, 11) is 0. The van der Waals surface area contributed by atoms with E-state index in [9.17, 15) is 4.79 Å².